The van der Waals surface area contributed by atoms with Crippen molar-refractivity contribution in [2.45, 2.75) is 24.8 Å². The van der Waals surface area contributed by atoms with Gasteiger partial charge in [-0.25, -0.2) is 9.80 Å². The quantitative estimate of drug-likeness (QED) is 0.255. The molecule has 0 radical (unpaired) electrons. The first-order chi connectivity index (χ1) is 15.7. The van der Waals surface area contributed by atoms with Crippen LogP contribution in [-0.4, -0.2) is 54.7 Å². The summed E-state index contributed by atoms with van der Waals surface area (Å²) in [4.78, 5) is 12.1. The van der Waals surface area contributed by atoms with Gasteiger partial charge in [0, 0.05) is 38.3 Å². The first kappa shape index (κ1) is 24.3. The lowest BCUT2D eigenvalue weighted by Crippen LogP contribution is -2.38. The molecule has 10 heteroatoms. The van der Waals surface area contributed by atoms with E-state index in [9.17, 15) is 9.90 Å². The molecule has 33 heavy (non-hydrogen) atoms. The molecule has 4 N–H and O–H groups in total. The van der Waals surface area contributed by atoms with Gasteiger partial charge in [0.15, 0.2) is 0 Å². The fraction of sp³-hybridized carbons (Fsp3) is 0.304. The zero-order valence-corrected chi connectivity index (χ0v) is 20.4. The lowest BCUT2D eigenvalue weighted by atomic mass is 9.94. The molecule has 0 saturated heterocycles. The second-order valence-electron chi connectivity index (χ2n) is 7.92. The summed E-state index contributed by atoms with van der Waals surface area (Å²) in [6, 6.07) is 8.92. The van der Waals surface area contributed by atoms with Crippen LogP contribution in [0.1, 0.15) is 25.3 Å². The standard InChI is InChI=1S/C23H29N5O4S/c1-12(2)14-10-15(17(29)11-19(14)32-23(30)27-28(4)5)21-20(22(33)26-25-21)13-7-8-18(31-6)16(9-13)24-3/h7-12,24,29H,1-6H3,(H,27,30)(H2,25,26,33). The first-order valence-electron chi connectivity index (χ1n) is 10.3. The largest absolute Gasteiger partial charge is 0.507 e. The Kier molecular flexibility index (Phi) is 7.39. The van der Waals surface area contributed by atoms with Crippen molar-refractivity contribution >= 4 is 24.4 Å². The Morgan fingerprint density at radius 1 is 1.21 bits per heavy atom. The fourth-order valence-corrected chi connectivity index (χ4v) is 3.78. The van der Waals surface area contributed by atoms with Crippen LogP contribution in [0.3, 0.4) is 0 Å². The molecule has 1 aromatic heterocycles. The Morgan fingerprint density at radius 2 is 1.94 bits per heavy atom. The number of aromatic nitrogens is 2. The third kappa shape index (κ3) is 5.18. The van der Waals surface area contributed by atoms with E-state index in [1.165, 1.54) is 11.1 Å². The van der Waals surface area contributed by atoms with Crippen molar-refractivity contribution in [1.29, 1.82) is 0 Å². The topological polar surface area (TPSA) is 112 Å². The molecule has 3 aromatic rings. The summed E-state index contributed by atoms with van der Waals surface area (Å²) in [5, 5.41) is 23.2. The average molecular weight is 472 g/mol. The molecule has 3 rings (SSSR count). The maximum Gasteiger partial charge on any atom is 0.427 e. The number of H-pyrrole nitrogens is 1. The van der Waals surface area contributed by atoms with Crippen molar-refractivity contribution in [2.75, 3.05) is 33.6 Å². The summed E-state index contributed by atoms with van der Waals surface area (Å²) in [6.07, 6.45) is -0.647. The van der Waals surface area contributed by atoms with E-state index in [-0.39, 0.29) is 17.4 Å². The van der Waals surface area contributed by atoms with Crippen molar-refractivity contribution in [2.24, 2.45) is 0 Å². The number of nitrogens with zero attached hydrogens (tertiary/aromatic N) is 2. The molecule has 0 saturated carbocycles. The minimum Gasteiger partial charge on any atom is -0.507 e. The third-order valence-electron chi connectivity index (χ3n) is 5.04. The van der Waals surface area contributed by atoms with E-state index in [1.54, 1.807) is 27.3 Å². The highest BCUT2D eigenvalue weighted by Crippen LogP contribution is 2.44. The van der Waals surface area contributed by atoms with E-state index in [1.807, 2.05) is 39.1 Å². The van der Waals surface area contributed by atoms with Gasteiger partial charge >= 0.3 is 6.09 Å². The van der Waals surface area contributed by atoms with E-state index < -0.39 is 6.09 Å². The van der Waals surface area contributed by atoms with Crippen LogP contribution in [0.5, 0.6) is 17.2 Å². The van der Waals surface area contributed by atoms with Gasteiger partial charge < -0.3 is 19.9 Å². The number of thiol groups is 1. The monoisotopic (exact) mass is 471 g/mol. The van der Waals surface area contributed by atoms with Crippen molar-refractivity contribution < 1.29 is 19.4 Å². The summed E-state index contributed by atoms with van der Waals surface area (Å²) < 4.78 is 10.8. The molecule has 9 nitrogen and oxygen atoms in total. The van der Waals surface area contributed by atoms with E-state index in [2.05, 4.69) is 33.6 Å². The molecular weight excluding hydrogens is 442 g/mol. The lowest BCUT2D eigenvalue weighted by Gasteiger charge is -2.18. The number of anilines is 1. The fourth-order valence-electron chi connectivity index (χ4n) is 3.49. The van der Waals surface area contributed by atoms with Crippen molar-refractivity contribution in [3.8, 4) is 39.6 Å². The second-order valence-corrected chi connectivity index (χ2v) is 8.34. The number of phenols is 1. The Hall–Kier alpha value is -3.37. The number of hydrogen-bond donors (Lipinski definition) is 5. The maximum atomic E-state index is 12.1. The Morgan fingerprint density at radius 3 is 2.55 bits per heavy atom. The molecule has 1 heterocycles. The summed E-state index contributed by atoms with van der Waals surface area (Å²) in [6.45, 7) is 3.96. The molecule has 0 atom stereocenters. The van der Waals surface area contributed by atoms with Crippen LogP contribution in [0.4, 0.5) is 10.5 Å². The zero-order chi connectivity index (χ0) is 24.3. The van der Waals surface area contributed by atoms with E-state index >= 15 is 0 Å². The molecular formula is C23H29N5O4S. The number of carbonyl (C=O) groups is 1. The molecule has 0 fully saturated rings. The highest BCUT2D eigenvalue weighted by atomic mass is 32.1. The Bertz CT molecular complexity index is 1160. The first-order valence-corrected chi connectivity index (χ1v) is 10.8. The van der Waals surface area contributed by atoms with Crippen LogP contribution < -0.4 is 20.2 Å². The average Bonchev–Trinajstić information content (AvgIpc) is 3.13. The van der Waals surface area contributed by atoms with Crippen LogP contribution in [0.15, 0.2) is 35.4 Å². The van der Waals surface area contributed by atoms with Crippen LogP contribution in [0.2, 0.25) is 0 Å². The van der Waals surface area contributed by atoms with Crippen molar-refractivity contribution in [3.63, 3.8) is 0 Å². The van der Waals surface area contributed by atoms with E-state index in [0.29, 0.717) is 22.0 Å². The number of hydrazine groups is 1. The normalized spacial score (nSPS) is 11.1. The maximum absolute atomic E-state index is 12.1. The molecule has 0 aliphatic rings. The lowest BCUT2D eigenvalue weighted by molar-refractivity contribution is 0.171. The van der Waals surface area contributed by atoms with Gasteiger partial charge in [-0.05, 0) is 35.2 Å². The number of hydrogen-bond acceptors (Lipinski definition) is 8. The van der Waals surface area contributed by atoms with Crippen molar-refractivity contribution in [1.82, 2.24) is 20.6 Å². The number of aromatic amines is 1. The molecule has 0 spiro atoms. The van der Waals surface area contributed by atoms with Crippen molar-refractivity contribution in [3.05, 3.63) is 35.9 Å². The Balaban J connectivity index is 2.11. The van der Waals surface area contributed by atoms with Gasteiger partial charge in [-0.1, -0.05) is 19.9 Å². The number of phenolic OH excluding ortho intramolecular Hbond substituents is 1. The Labute approximate surface area is 198 Å². The highest BCUT2D eigenvalue weighted by molar-refractivity contribution is 7.80. The minimum absolute atomic E-state index is 0.0187. The van der Waals surface area contributed by atoms with Gasteiger partial charge in [0.2, 0.25) is 0 Å². The summed E-state index contributed by atoms with van der Waals surface area (Å²) >= 11 is 4.53. The molecule has 176 valence electrons. The zero-order valence-electron chi connectivity index (χ0n) is 19.5. The second kappa shape index (κ2) is 10.1. The number of aromatic hydroxyl groups is 1. The summed E-state index contributed by atoms with van der Waals surface area (Å²) in [5.41, 5.74) is 6.75. The number of methoxy groups -OCH3 is 1. The summed E-state index contributed by atoms with van der Waals surface area (Å²) in [7, 11) is 6.78. The molecule has 0 aliphatic heterocycles. The minimum atomic E-state index is -0.647. The SMILES string of the molecule is CNc1cc(-c2c(S)n[nH]c2-c2cc(C(C)C)c(OC(=O)NN(C)C)cc2O)ccc1OC. The number of amides is 1. The number of ether oxygens (including phenoxy) is 2. The van der Waals surface area contributed by atoms with Gasteiger partial charge in [-0.3, -0.25) is 10.5 Å². The van der Waals surface area contributed by atoms with Gasteiger partial charge in [0.05, 0.1) is 18.5 Å². The van der Waals surface area contributed by atoms with Crippen LogP contribution in [0.25, 0.3) is 22.4 Å². The molecule has 0 bridgehead atoms. The molecule has 0 unspecified atom stereocenters. The smallest absolute Gasteiger partial charge is 0.427 e. The number of nitrogens with one attached hydrogen (secondary N) is 3. The predicted octanol–water partition coefficient (Wildman–Crippen LogP) is 4.48. The van der Waals surface area contributed by atoms with Crippen LogP contribution >= 0.6 is 12.6 Å². The molecule has 2 aromatic carbocycles. The highest BCUT2D eigenvalue weighted by Gasteiger charge is 2.22. The molecule has 0 aliphatic carbocycles. The van der Waals surface area contributed by atoms with Crippen LogP contribution in [-0.2, 0) is 0 Å². The third-order valence-corrected chi connectivity index (χ3v) is 5.37. The predicted molar refractivity (Wildman–Crippen MR) is 131 cm³/mol. The van der Waals surface area contributed by atoms with Gasteiger partial charge in [0.1, 0.15) is 22.3 Å². The molecule has 1 amide bonds. The van der Waals surface area contributed by atoms with E-state index in [4.69, 9.17) is 9.47 Å². The van der Waals surface area contributed by atoms with E-state index in [0.717, 1.165) is 22.4 Å². The number of benzene rings is 2. The summed E-state index contributed by atoms with van der Waals surface area (Å²) in [5.74, 6) is 0.937. The van der Waals surface area contributed by atoms with Gasteiger partial charge in [-0.2, -0.15) is 5.10 Å². The number of carbonyl (C=O) groups excluding carboxylic acids is 1. The van der Waals surface area contributed by atoms with Gasteiger partial charge in [-0.15, -0.1) is 12.6 Å². The van der Waals surface area contributed by atoms with Gasteiger partial charge in [0.25, 0.3) is 0 Å². The number of rotatable bonds is 7. The van der Waals surface area contributed by atoms with Crippen LogP contribution in [0, 0.1) is 0 Å².